The maximum absolute atomic E-state index is 13.9. The number of hydrogen-bond donors (Lipinski definition) is 0. The first-order chi connectivity index (χ1) is 15.0. The van der Waals surface area contributed by atoms with Gasteiger partial charge in [0.25, 0.3) is 5.56 Å². The van der Waals surface area contributed by atoms with Crippen molar-refractivity contribution in [1.82, 2.24) is 9.55 Å². The molecule has 0 atom stereocenters. The SMILES string of the molecule is C=CCn1c(SCC(=O)c2ccccc2F)nc2scc(-c3ccc(C)cc3)c2c1=O. The molecule has 0 aliphatic carbocycles. The van der Waals surface area contributed by atoms with E-state index in [4.69, 9.17) is 0 Å². The fraction of sp³-hybridized carbons (Fsp3) is 0.125. The van der Waals surface area contributed by atoms with E-state index in [0.29, 0.717) is 15.4 Å². The summed E-state index contributed by atoms with van der Waals surface area (Å²) in [7, 11) is 0. The second kappa shape index (κ2) is 8.99. The molecule has 0 amide bonds. The molecule has 2 aromatic carbocycles. The topological polar surface area (TPSA) is 52.0 Å². The van der Waals surface area contributed by atoms with E-state index in [2.05, 4.69) is 11.6 Å². The van der Waals surface area contributed by atoms with Gasteiger partial charge in [-0.25, -0.2) is 9.37 Å². The Labute approximate surface area is 187 Å². The molecule has 0 unspecified atom stereocenters. The standard InChI is InChI=1S/C24H19FN2O2S2/c1-3-12-27-23(29)21-18(16-10-8-15(2)9-11-16)13-30-22(21)26-24(27)31-14-20(28)17-6-4-5-7-19(17)25/h3-11,13H,1,12,14H2,2H3. The second-order valence-electron chi connectivity index (χ2n) is 6.99. The van der Waals surface area contributed by atoms with Crippen LogP contribution in [0.4, 0.5) is 4.39 Å². The van der Waals surface area contributed by atoms with Crippen LogP contribution >= 0.6 is 23.1 Å². The van der Waals surface area contributed by atoms with Crippen LogP contribution in [0, 0.1) is 12.7 Å². The van der Waals surface area contributed by atoms with E-state index in [1.165, 1.54) is 28.0 Å². The van der Waals surface area contributed by atoms with Crippen LogP contribution in [0.25, 0.3) is 21.3 Å². The molecule has 0 radical (unpaired) electrons. The van der Waals surface area contributed by atoms with Crippen LogP contribution in [-0.2, 0) is 6.54 Å². The van der Waals surface area contributed by atoms with Crippen molar-refractivity contribution in [2.24, 2.45) is 0 Å². The quantitative estimate of drug-likeness (QED) is 0.156. The molecule has 156 valence electrons. The van der Waals surface area contributed by atoms with Crippen molar-refractivity contribution in [3.8, 4) is 11.1 Å². The van der Waals surface area contributed by atoms with E-state index in [1.54, 1.807) is 18.2 Å². The number of aryl methyl sites for hydroxylation is 1. The number of ketones is 1. The maximum Gasteiger partial charge on any atom is 0.263 e. The lowest BCUT2D eigenvalue weighted by Crippen LogP contribution is -2.23. The fourth-order valence-electron chi connectivity index (χ4n) is 3.25. The summed E-state index contributed by atoms with van der Waals surface area (Å²) < 4.78 is 15.4. The molecule has 0 saturated heterocycles. The van der Waals surface area contributed by atoms with Crippen LogP contribution in [0.1, 0.15) is 15.9 Å². The average Bonchev–Trinajstić information content (AvgIpc) is 3.19. The number of benzene rings is 2. The van der Waals surface area contributed by atoms with E-state index >= 15 is 0 Å². The van der Waals surface area contributed by atoms with Gasteiger partial charge in [-0.15, -0.1) is 17.9 Å². The Morgan fingerprint density at radius 3 is 2.68 bits per heavy atom. The van der Waals surface area contributed by atoms with Crippen LogP contribution in [0.5, 0.6) is 0 Å². The molecule has 4 nitrogen and oxygen atoms in total. The number of carbonyl (C=O) groups excluding carboxylic acids is 1. The monoisotopic (exact) mass is 450 g/mol. The van der Waals surface area contributed by atoms with Crippen molar-refractivity contribution < 1.29 is 9.18 Å². The van der Waals surface area contributed by atoms with Gasteiger partial charge in [0, 0.05) is 17.5 Å². The Hall–Kier alpha value is -3.03. The lowest BCUT2D eigenvalue weighted by atomic mass is 10.1. The van der Waals surface area contributed by atoms with Gasteiger partial charge in [-0.2, -0.15) is 0 Å². The first kappa shape index (κ1) is 21.2. The lowest BCUT2D eigenvalue weighted by molar-refractivity contribution is 0.101. The Bertz CT molecular complexity index is 1340. The number of Topliss-reactive ketones (excluding diaryl/α,β-unsaturated/α-hetero) is 1. The van der Waals surface area contributed by atoms with E-state index in [1.807, 2.05) is 36.6 Å². The molecule has 0 fully saturated rings. The molecule has 0 bridgehead atoms. The molecule has 0 N–H and O–H groups in total. The molecule has 4 aromatic rings. The summed E-state index contributed by atoms with van der Waals surface area (Å²) in [4.78, 5) is 31.1. The van der Waals surface area contributed by atoms with Gasteiger partial charge >= 0.3 is 0 Å². The summed E-state index contributed by atoms with van der Waals surface area (Å²) in [5.74, 6) is -0.929. The zero-order chi connectivity index (χ0) is 22.0. The third-order valence-corrected chi connectivity index (χ3v) is 6.69. The number of aromatic nitrogens is 2. The highest BCUT2D eigenvalue weighted by Crippen LogP contribution is 2.32. The van der Waals surface area contributed by atoms with Crippen LogP contribution in [-0.4, -0.2) is 21.1 Å². The van der Waals surface area contributed by atoms with Crippen LogP contribution in [0.15, 0.2) is 76.5 Å². The highest BCUT2D eigenvalue weighted by molar-refractivity contribution is 7.99. The van der Waals surface area contributed by atoms with Crippen molar-refractivity contribution in [3.05, 3.63) is 93.9 Å². The Morgan fingerprint density at radius 2 is 1.97 bits per heavy atom. The largest absolute Gasteiger partial charge is 0.293 e. The Kier molecular flexibility index (Phi) is 6.15. The van der Waals surface area contributed by atoms with Gasteiger partial charge in [0.1, 0.15) is 10.6 Å². The van der Waals surface area contributed by atoms with Crippen molar-refractivity contribution in [2.45, 2.75) is 18.6 Å². The summed E-state index contributed by atoms with van der Waals surface area (Å²) in [6.07, 6.45) is 1.62. The van der Waals surface area contributed by atoms with E-state index in [0.717, 1.165) is 28.5 Å². The number of carbonyl (C=O) groups is 1. The second-order valence-corrected chi connectivity index (χ2v) is 8.79. The van der Waals surface area contributed by atoms with Crippen LogP contribution in [0.3, 0.4) is 0 Å². The number of hydrogen-bond acceptors (Lipinski definition) is 5. The average molecular weight is 451 g/mol. The number of fused-ring (bicyclic) bond motifs is 1. The van der Waals surface area contributed by atoms with Crippen LogP contribution < -0.4 is 5.56 Å². The van der Waals surface area contributed by atoms with Gasteiger partial charge in [-0.3, -0.25) is 14.2 Å². The van der Waals surface area contributed by atoms with Crippen molar-refractivity contribution in [1.29, 1.82) is 0 Å². The molecule has 0 aliphatic rings. The minimum absolute atomic E-state index is 0.0216. The minimum Gasteiger partial charge on any atom is -0.293 e. The normalized spacial score (nSPS) is 11.0. The molecular formula is C24H19FN2O2S2. The predicted molar refractivity (Wildman–Crippen MR) is 126 cm³/mol. The summed E-state index contributed by atoms with van der Waals surface area (Å²) in [5, 5.41) is 2.90. The maximum atomic E-state index is 13.9. The van der Waals surface area contributed by atoms with Gasteiger partial charge in [0.15, 0.2) is 10.9 Å². The van der Waals surface area contributed by atoms with Crippen molar-refractivity contribution in [3.63, 3.8) is 0 Å². The smallest absolute Gasteiger partial charge is 0.263 e. The van der Waals surface area contributed by atoms with Crippen molar-refractivity contribution >= 4 is 39.1 Å². The van der Waals surface area contributed by atoms with E-state index < -0.39 is 5.82 Å². The number of allylic oxidation sites excluding steroid dienone is 1. The van der Waals surface area contributed by atoms with Gasteiger partial charge in [-0.1, -0.05) is 59.8 Å². The zero-order valence-electron chi connectivity index (χ0n) is 16.8. The fourth-order valence-corrected chi connectivity index (χ4v) is 5.13. The number of rotatable bonds is 7. The Balaban J connectivity index is 1.72. The summed E-state index contributed by atoms with van der Waals surface area (Å²) in [6.45, 7) is 6.02. The third-order valence-electron chi connectivity index (χ3n) is 4.84. The van der Waals surface area contributed by atoms with E-state index in [-0.39, 0.29) is 29.2 Å². The highest BCUT2D eigenvalue weighted by atomic mass is 32.2. The molecule has 2 heterocycles. The van der Waals surface area contributed by atoms with Crippen molar-refractivity contribution in [2.75, 3.05) is 5.75 Å². The van der Waals surface area contributed by atoms with Gasteiger partial charge in [0.05, 0.1) is 16.7 Å². The number of halogens is 1. The first-order valence-electron chi connectivity index (χ1n) is 9.60. The zero-order valence-corrected chi connectivity index (χ0v) is 18.4. The highest BCUT2D eigenvalue weighted by Gasteiger charge is 2.19. The molecule has 31 heavy (non-hydrogen) atoms. The van der Waals surface area contributed by atoms with Gasteiger partial charge in [-0.05, 0) is 24.6 Å². The molecule has 0 aliphatic heterocycles. The molecule has 2 aromatic heterocycles. The molecule has 4 rings (SSSR count). The van der Waals surface area contributed by atoms with Gasteiger partial charge < -0.3 is 0 Å². The summed E-state index contributed by atoms with van der Waals surface area (Å²) in [6, 6.07) is 13.9. The predicted octanol–water partition coefficient (Wildman–Crippen LogP) is 5.73. The Morgan fingerprint density at radius 1 is 1.23 bits per heavy atom. The number of nitrogens with zero attached hydrogens (tertiary/aromatic N) is 2. The number of thioether (sulfide) groups is 1. The number of thiophene rings is 1. The third kappa shape index (κ3) is 4.24. The molecule has 0 spiro atoms. The molecular weight excluding hydrogens is 431 g/mol. The lowest BCUT2D eigenvalue weighted by Gasteiger charge is -2.11. The summed E-state index contributed by atoms with van der Waals surface area (Å²) >= 11 is 2.52. The first-order valence-corrected chi connectivity index (χ1v) is 11.5. The van der Waals surface area contributed by atoms with Gasteiger partial charge in [0.2, 0.25) is 0 Å². The minimum atomic E-state index is -0.555. The van der Waals surface area contributed by atoms with Crippen LogP contribution in [0.2, 0.25) is 0 Å². The molecule has 7 heteroatoms. The molecule has 0 saturated carbocycles. The summed E-state index contributed by atoms with van der Waals surface area (Å²) in [5.41, 5.74) is 2.79. The van der Waals surface area contributed by atoms with E-state index in [9.17, 15) is 14.0 Å².